The summed E-state index contributed by atoms with van der Waals surface area (Å²) in [6, 6.07) is 7.63. The first kappa shape index (κ1) is 24.0. The lowest BCUT2D eigenvalue weighted by Gasteiger charge is -2.14. The molecule has 2 aromatic carbocycles. The molecule has 0 heterocycles. The molecule has 0 aliphatic heterocycles. The molecule has 2 N–H and O–H groups in total. The third-order valence-corrected chi connectivity index (χ3v) is 6.48. The van der Waals surface area contributed by atoms with Gasteiger partial charge in [-0.1, -0.05) is 17.7 Å². The Hall–Kier alpha value is -2.23. The van der Waals surface area contributed by atoms with Gasteiger partial charge in [0.2, 0.25) is 10.0 Å². The number of rotatable bonds is 7. The zero-order valence-corrected chi connectivity index (χ0v) is 19.9. The van der Waals surface area contributed by atoms with Crippen molar-refractivity contribution in [2.24, 2.45) is 0 Å². The van der Waals surface area contributed by atoms with Gasteiger partial charge in [-0.2, -0.15) is 0 Å². The predicted molar refractivity (Wildman–Crippen MR) is 119 cm³/mol. The molecule has 0 saturated heterocycles. The van der Waals surface area contributed by atoms with Crippen LogP contribution in [-0.2, 0) is 19.6 Å². The van der Waals surface area contributed by atoms with Crippen molar-refractivity contribution in [3.8, 4) is 0 Å². The molecule has 0 spiro atoms. The number of sulfonamides is 1. The van der Waals surface area contributed by atoms with Gasteiger partial charge in [0.25, 0.3) is 5.91 Å². The number of carbonyl (C=O) groups excluding carboxylic acids is 2. The van der Waals surface area contributed by atoms with Gasteiger partial charge in [0.05, 0.1) is 10.5 Å². The highest BCUT2D eigenvalue weighted by molar-refractivity contribution is 9.10. The smallest absolute Gasteiger partial charge is 0.339 e. The van der Waals surface area contributed by atoms with Crippen LogP contribution in [0.2, 0.25) is 0 Å². The van der Waals surface area contributed by atoms with Crippen LogP contribution in [0.1, 0.15) is 40.9 Å². The molecule has 0 aliphatic carbocycles. The summed E-state index contributed by atoms with van der Waals surface area (Å²) >= 11 is 3.22. The fourth-order valence-corrected chi connectivity index (χ4v) is 4.65. The number of esters is 1. The van der Waals surface area contributed by atoms with Gasteiger partial charge >= 0.3 is 5.97 Å². The van der Waals surface area contributed by atoms with Crippen LogP contribution in [0.5, 0.6) is 0 Å². The fourth-order valence-electron chi connectivity index (χ4n) is 2.97. The molecule has 0 saturated carbocycles. The molecular weight excluding hydrogens is 472 g/mol. The van der Waals surface area contributed by atoms with E-state index in [0.717, 1.165) is 16.7 Å². The summed E-state index contributed by atoms with van der Waals surface area (Å²) in [6.45, 7) is 8.63. The normalized spacial score (nSPS) is 11.4. The van der Waals surface area contributed by atoms with E-state index in [0.29, 0.717) is 10.2 Å². The Bertz CT molecular complexity index is 1060. The Morgan fingerprint density at radius 3 is 2.23 bits per heavy atom. The van der Waals surface area contributed by atoms with Crippen LogP contribution in [0.25, 0.3) is 0 Å². The van der Waals surface area contributed by atoms with Crippen LogP contribution in [0.15, 0.2) is 39.7 Å². The van der Waals surface area contributed by atoms with Crippen LogP contribution in [0.3, 0.4) is 0 Å². The van der Waals surface area contributed by atoms with Crippen molar-refractivity contribution in [3.63, 3.8) is 0 Å². The summed E-state index contributed by atoms with van der Waals surface area (Å²) < 4.78 is 32.6. The van der Waals surface area contributed by atoms with Crippen LogP contribution in [0.4, 0.5) is 5.69 Å². The largest absolute Gasteiger partial charge is 0.452 e. The number of hydrogen-bond acceptors (Lipinski definition) is 5. The molecule has 2 rings (SSSR count). The minimum atomic E-state index is -3.78. The fraction of sp³-hybridized carbons (Fsp3) is 0.333. The molecule has 0 radical (unpaired) electrons. The van der Waals surface area contributed by atoms with E-state index in [9.17, 15) is 18.0 Å². The van der Waals surface area contributed by atoms with Crippen molar-refractivity contribution in [1.29, 1.82) is 0 Å². The summed E-state index contributed by atoms with van der Waals surface area (Å²) in [5.74, 6) is -1.30. The molecule has 30 heavy (non-hydrogen) atoms. The number of hydrogen-bond donors (Lipinski definition) is 2. The minimum Gasteiger partial charge on any atom is -0.452 e. The van der Waals surface area contributed by atoms with Gasteiger partial charge in [0.15, 0.2) is 6.61 Å². The second kappa shape index (κ2) is 9.72. The van der Waals surface area contributed by atoms with E-state index in [-0.39, 0.29) is 16.5 Å². The number of ether oxygens (including phenoxy) is 1. The van der Waals surface area contributed by atoms with Gasteiger partial charge in [-0.05, 0) is 79.9 Å². The Labute approximate surface area is 185 Å². The summed E-state index contributed by atoms with van der Waals surface area (Å²) in [6.07, 6.45) is 0. The molecule has 9 heteroatoms. The zero-order chi connectivity index (χ0) is 22.6. The standard InChI is InChI=1S/C21H25BrN2O5S/c1-12(2)24-30(27,28)16-6-7-18(22)17(10-16)21(26)29-11-19(25)23-20-14(4)8-13(3)9-15(20)5/h6-10,12,24H,11H2,1-5H3,(H,23,25). The maximum absolute atomic E-state index is 12.5. The Kier molecular flexibility index (Phi) is 7.79. The first-order valence-corrected chi connectivity index (χ1v) is 11.5. The summed E-state index contributed by atoms with van der Waals surface area (Å²) in [5.41, 5.74) is 3.59. The highest BCUT2D eigenvalue weighted by atomic mass is 79.9. The maximum atomic E-state index is 12.5. The van der Waals surface area contributed by atoms with E-state index in [1.165, 1.54) is 18.2 Å². The number of benzene rings is 2. The zero-order valence-electron chi connectivity index (χ0n) is 17.5. The van der Waals surface area contributed by atoms with E-state index in [2.05, 4.69) is 26.0 Å². The monoisotopic (exact) mass is 496 g/mol. The van der Waals surface area contributed by atoms with Crippen LogP contribution in [-0.4, -0.2) is 32.9 Å². The van der Waals surface area contributed by atoms with Gasteiger partial charge in [0.1, 0.15) is 0 Å². The number of carbonyl (C=O) groups is 2. The van der Waals surface area contributed by atoms with Crippen molar-refractivity contribution in [2.75, 3.05) is 11.9 Å². The van der Waals surface area contributed by atoms with Crippen molar-refractivity contribution in [1.82, 2.24) is 4.72 Å². The van der Waals surface area contributed by atoms with Crippen molar-refractivity contribution < 1.29 is 22.7 Å². The van der Waals surface area contributed by atoms with E-state index in [1.807, 2.05) is 32.9 Å². The van der Waals surface area contributed by atoms with Crippen LogP contribution < -0.4 is 10.0 Å². The summed E-state index contributed by atoms with van der Waals surface area (Å²) in [5, 5.41) is 2.75. The number of nitrogens with one attached hydrogen (secondary N) is 2. The highest BCUT2D eigenvalue weighted by Gasteiger charge is 2.21. The SMILES string of the molecule is Cc1cc(C)c(NC(=O)COC(=O)c2cc(S(=O)(=O)NC(C)C)ccc2Br)c(C)c1. The van der Waals surface area contributed by atoms with E-state index in [1.54, 1.807) is 13.8 Å². The molecule has 162 valence electrons. The highest BCUT2D eigenvalue weighted by Crippen LogP contribution is 2.23. The lowest BCUT2D eigenvalue weighted by Crippen LogP contribution is -2.30. The third kappa shape index (κ3) is 6.13. The van der Waals surface area contributed by atoms with E-state index in [4.69, 9.17) is 4.74 Å². The van der Waals surface area contributed by atoms with Gasteiger partial charge in [0, 0.05) is 16.2 Å². The maximum Gasteiger partial charge on any atom is 0.339 e. The molecular formula is C21H25BrN2O5S. The van der Waals surface area contributed by atoms with Crippen molar-refractivity contribution in [2.45, 2.75) is 45.6 Å². The second-order valence-electron chi connectivity index (χ2n) is 7.32. The molecule has 0 bridgehead atoms. The van der Waals surface area contributed by atoms with Gasteiger partial charge in [-0.25, -0.2) is 17.9 Å². The second-order valence-corrected chi connectivity index (χ2v) is 9.88. The average molecular weight is 497 g/mol. The molecule has 2 aromatic rings. The average Bonchev–Trinajstić information content (AvgIpc) is 2.61. The van der Waals surface area contributed by atoms with Gasteiger partial charge in [-0.3, -0.25) is 4.79 Å². The van der Waals surface area contributed by atoms with E-state index < -0.39 is 28.5 Å². The Morgan fingerprint density at radius 1 is 1.07 bits per heavy atom. The van der Waals surface area contributed by atoms with Gasteiger partial charge in [-0.15, -0.1) is 0 Å². The molecule has 0 aromatic heterocycles. The summed E-state index contributed by atoms with van der Waals surface area (Å²) in [7, 11) is -3.78. The first-order valence-electron chi connectivity index (χ1n) is 9.27. The van der Waals surface area contributed by atoms with Gasteiger partial charge < -0.3 is 10.1 Å². The molecule has 0 unspecified atom stereocenters. The summed E-state index contributed by atoms with van der Waals surface area (Å²) in [4.78, 5) is 24.7. The quantitative estimate of drug-likeness (QED) is 0.566. The van der Waals surface area contributed by atoms with Crippen molar-refractivity contribution >= 4 is 43.5 Å². The Morgan fingerprint density at radius 2 is 1.67 bits per heavy atom. The van der Waals surface area contributed by atoms with Crippen LogP contribution >= 0.6 is 15.9 Å². The predicted octanol–water partition coefficient (Wildman–Crippen LogP) is 3.86. The number of aryl methyl sites for hydroxylation is 3. The van der Waals surface area contributed by atoms with Crippen LogP contribution in [0, 0.1) is 20.8 Å². The lowest BCUT2D eigenvalue weighted by atomic mass is 10.1. The van der Waals surface area contributed by atoms with E-state index >= 15 is 0 Å². The molecule has 1 amide bonds. The minimum absolute atomic E-state index is 0.0112. The molecule has 7 nitrogen and oxygen atoms in total. The van der Waals surface area contributed by atoms with Crippen molar-refractivity contribution in [3.05, 3.63) is 57.1 Å². The molecule has 0 fully saturated rings. The number of anilines is 1. The lowest BCUT2D eigenvalue weighted by molar-refractivity contribution is -0.119. The molecule has 0 atom stereocenters. The number of halogens is 1. The third-order valence-electron chi connectivity index (χ3n) is 4.13. The topological polar surface area (TPSA) is 102 Å². The Balaban J connectivity index is 2.11. The first-order chi connectivity index (χ1) is 13.9. The molecule has 0 aliphatic rings. The number of amides is 1.